The van der Waals surface area contributed by atoms with E-state index in [1.165, 1.54) is 0 Å². The van der Waals surface area contributed by atoms with Crippen LogP contribution in [0.2, 0.25) is 0 Å². The molecule has 3 N–H and O–H groups in total. The number of fused-ring (bicyclic) bond motifs is 1. The molecule has 0 bridgehead atoms. The fraction of sp³-hybridized carbons (Fsp3) is 0.185. The summed E-state index contributed by atoms with van der Waals surface area (Å²) in [5.41, 5.74) is 4.77. The van der Waals surface area contributed by atoms with Crippen molar-refractivity contribution in [2.45, 2.75) is 18.9 Å². The molecule has 0 saturated heterocycles. The normalized spacial score (nSPS) is 13.8. The maximum atomic E-state index is 13.3. The molecule has 0 saturated carbocycles. The molecule has 1 amide bonds. The van der Waals surface area contributed by atoms with Crippen LogP contribution < -0.4 is 20.9 Å². The Morgan fingerprint density at radius 3 is 2.47 bits per heavy atom. The number of benzene rings is 3. The minimum Gasteiger partial charge on any atom is -0.330 e. The lowest BCUT2D eigenvalue weighted by atomic mass is 9.98. The zero-order valence-corrected chi connectivity index (χ0v) is 19.0. The number of nitrogens with zero attached hydrogens (tertiary/aromatic N) is 2. The highest BCUT2D eigenvalue weighted by Crippen LogP contribution is 2.36. The highest BCUT2D eigenvalue weighted by molar-refractivity contribution is 5.97. The van der Waals surface area contributed by atoms with Crippen molar-refractivity contribution in [3.05, 3.63) is 95.3 Å². The van der Waals surface area contributed by atoms with E-state index in [9.17, 15) is 9.59 Å². The summed E-state index contributed by atoms with van der Waals surface area (Å²) in [5, 5.41) is 18.4. The highest BCUT2D eigenvalue weighted by Gasteiger charge is 2.24. The zero-order chi connectivity index (χ0) is 24.1. The van der Waals surface area contributed by atoms with E-state index >= 15 is 0 Å². The van der Waals surface area contributed by atoms with Gasteiger partial charge in [-0.2, -0.15) is 5.26 Å². The van der Waals surface area contributed by atoms with Gasteiger partial charge in [-0.25, -0.2) is 4.79 Å². The lowest BCUT2D eigenvalue weighted by Crippen LogP contribution is -2.35. The van der Waals surface area contributed by atoms with Crippen molar-refractivity contribution in [1.82, 2.24) is 5.32 Å². The second-order valence-corrected chi connectivity index (χ2v) is 8.24. The number of rotatable bonds is 7. The molecule has 3 aromatic rings. The van der Waals surface area contributed by atoms with Gasteiger partial charge in [0, 0.05) is 19.3 Å². The number of hydrogen-bond donors (Lipinski definition) is 3. The largest absolute Gasteiger partial charge is 0.330 e. The van der Waals surface area contributed by atoms with E-state index in [1.807, 2.05) is 60.5 Å². The van der Waals surface area contributed by atoms with Gasteiger partial charge in [-0.1, -0.05) is 49.4 Å². The van der Waals surface area contributed by atoms with Crippen molar-refractivity contribution in [2.75, 3.05) is 29.1 Å². The van der Waals surface area contributed by atoms with E-state index in [4.69, 9.17) is 5.26 Å². The van der Waals surface area contributed by atoms with Crippen LogP contribution in [0.25, 0.3) is 0 Å². The van der Waals surface area contributed by atoms with E-state index in [0.29, 0.717) is 23.6 Å². The molecule has 170 valence electrons. The number of hydrogen-bond acceptors (Lipinski definition) is 6. The summed E-state index contributed by atoms with van der Waals surface area (Å²) in [6, 6.07) is 24.1. The smallest absolute Gasteiger partial charge is 0.246 e. The van der Waals surface area contributed by atoms with Crippen LogP contribution in [0.5, 0.6) is 0 Å². The summed E-state index contributed by atoms with van der Waals surface area (Å²) in [6.45, 7) is 2.65. The molecular weight excluding hydrogens is 426 g/mol. The Bertz CT molecular complexity index is 1270. The maximum Gasteiger partial charge on any atom is 0.246 e. The van der Waals surface area contributed by atoms with E-state index in [-0.39, 0.29) is 11.8 Å². The first-order chi connectivity index (χ1) is 16.5. The van der Waals surface area contributed by atoms with Gasteiger partial charge in [-0.05, 0) is 47.4 Å². The SMILES string of the molecule is C[C@H](CN[C@H](C(=O)Nc1ccc2c(c1)N(C)C(=C=O)N2)c1ccccc1)c1ccc(C#N)cc1. The summed E-state index contributed by atoms with van der Waals surface area (Å²) in [6.07, 6.45) is 0. The first-order valence-electron chi connectivity index (χ1n) is 11.0. The first-order valence-corrected chi connectivity index (χ1v) is 11.0. The summed E-state index contributed by atoms with van der Waals surface area (Å²) >= 11 is 0. The number of carbonyl (C=O) groups is 1. The molecule has 0 aliphatic carbocycles. The Hall–Kier alpha value is -4.37. The quantitative estimate of drug-likeness (QED) is 0.467. The fourth-order valence-electron chi connectivity index (χ4n) is 3.94. The van der Waals surface area contributed by atoms with Gasteiger partial charge >= 0.3 is 0 Å². The molecule has 0 unspecified atom stereocenters. The number of nitrogens with one attached hydrogen (secondary N) is 3. The standard InChI is InChI=1S/C27H25N5O2/c1-18(20-10-8-19(15-28)9-11-20)16-29-26(21-6-4-3-5-7-21)27(34)30-22-12-13-23-24(14-22)32(2)25(17-33)31-23/h3-14,18,26,29,31H,16H2,1-2H3,(H,30,34)/t18-,26+/m1/s1. The summed E-state index contributed by atoms with van der Waals surface area (Å²) in [5.74, 6) is 2.16. The van der Waals surface area contributed by atoms with Crippen LogP contribution in [0.15, 0.2) is 78.6 Å². The second kappa shape index (κ2) is 10.1. The van der Waals surface area contributed by atoms with E-state index < -0.39 is 6.04 Å². The Morgan fingerprint density at radius 1 is 1.06 bits per heavy atom. The monoisotopic (exact) mass is 451 g/mol. The second-order valence-electron chi connectivity index (χ2n) is 8.24. The molecule has 0 spiro atoms. The molecule has 7 heteroatoms. The molecule has 0 fully saturated rings. The van der Waals surface area contributed by atoms with E-state index in [2.05, 4.69) is 28.9 Å². The number of amides is 1. The van der Waals surface area contributed by atoms with Crippen LogP contribution in [-0.2, 0) is 9.59 Å². The first kappa shape index (κ1) is 22.8. The number of anilines is 3. The molecule has 1 aliphatic heterocycles. The summed E-state index contributed by atoms with van der Waals surface area (Å²) < 4.78 is 0. The highest BCUT2D eigenvalue weighted by atomic mass is 16.2. The van der Waals surface area contributed by atoms with Gasteiger partial charge in [0.05, 0.1) is 23.0 Å². The van der Waals surface area contributed by atoms with Gasteiger partial charge in [-0.15, -0.1) is 0 Å². The van der Waals surface area contributed by atoms with Crippen LogP contribution in [0, 0.1) is 11.3 Å². The lowest BCUT2D eigenvalue weighted by molar-refractivity contribution is -0.118. The van der Waals surface area contributed by atoms with Crippen LogP contribution in [0.4, 0.5) is 17.1 Å². The van der Waals surface area contributed by atoms with Gasteiger partial charge in [0.2, 0.25) is 5.91 Å². The van der Waals surface area contributed by atoms with Gasteiger partial charge in [-0.3, -0.25) is 4.79 Å². The average Bonchev–Trinajstić information content (AvgIpc) is 3.19. The van der Waals surface area contributed by atoms with Gasteiger partial charge in [0.25, 0.3) is 0 Å². The number of carbonyl (C=O) groups excluding carboxylic acids is 2. The third kappa shape index (κ3) is 4.84. The van der Waals surface area contributed by atoms with E-state index in [0.717, 1.165) is 22.5 Å². The van der Waals surface area contributed by atoms with Gasteiger partial charge in [0.1, 0.15) is 6.04 Å². The van der Waals surface area contributed by atoms with Gasteiger partial charge < -0.3 is 20.9 Å². The Morgan fingerprint density at radius 2 is 1.79 bits per heavy atom. The van der Waals surface area contributed by atoms with Crippen molar-refractivity contribution in [2.24, 2.45) is 0 Å². The minimum atomic E-state index is -0.559. The lowest BCUT2D eigenvalue weighted by Gasteiger charge is -2.22. The third-order valence-corrected chi connectivity index (χ3v) is 5.94. The summed E-state index contributed by atoms with van der Waals surface area (Å²) in [7, 11) is 1.77. The Kier molecular flexibility index (Phi) is 6.74. The van der Waals surface area contributed by atoms with Crippen LogP contribution >= 0.6 is 0 Å². The van der Waals surface area contributed by atoms with Crippen molar-refractivity contribution in [3.8, 4) is 6.07 Å². The number of nitriles is 1. The van der Waals surface area contributed by atoms with Crippen LogP contribution in [-0.4, -0.2) is 25.4 Å². The van der Waals surface area contributed by atoms with Gasteiger partial charge in [0.15, 0.2) is 11.8 Å². The predicted molar refractivity (Wildman–Crippen MR) is 133 cm³/mol. The molecule has 34 heavy (non-hydrogen) atoms. The average molecular weight is 452 g/mol. The zero-order valence-electron chi connectivity index (χ0n) is 19.0. The fourth-order valence-corrected chi connectivity index (χ4v) is 3.94. The van der Waals surface area contributed by atoms with Crippen molar-refractivity contribution in [3.63, 3.8) is 0 Å². The van der Waals surface area contributed by atoms with Crippen molar-refractivity contribution < 1.29 is 9.59 Å². The Labute approximate surface area is 198 Å². The molecule has 1 heterocycles. The topological polar surface area (TPSA) is 97.3 Å². The maximum absolute atomic E-state index is 13.3. The third-order valence-electron chi connectivity index (χ3n) is 5.94. The molecular formula is C27H25N5O2. The predicted octanol–water partition coefficient (Wildman–Crippen LogP) is 4.17. The molecule has 0 radical (unpaired) electrons. The molecule has 7 nitrogen and oxygen atoms in total. The molecule has 1 aliphatic rings. The van der Waals surface area contributed by atoms with Crippen molar-refractivity contribution in [1.29, 1.82) is 5.26 Å². The minimum absolute atomic E-state index is 0.139. The molecule has 4 rings (SSSR count). The molecule has 0 aromatic heterocycles. The summed E-state index contributed by atoms with van der Waals surface area (Å²) in [4.78, 5) is 26.1. The molecule has 3 aromatic carbocycles. The van der Waals surface area contributed by atoms with E-state index in [1.54, 1.807) is 30.1 Å². The Balaban J connectivity index is 1.50. The van der Waals surface area contributed by atoms with Crippen LogP contribution in [0.1, 0.15) is 35.6 Å². The van der Waals surface area contributed by atoms with Crippen LogP contribution in [0.3, 0.4) is 0 Å². The molecule has 2 atom stereocenters. The van der Waals surface area contributed by atoms with Crippen molar-refractivity contribution >= 4 is 28.9 Å².